The van der Waals surface area contributed by atoms with Crippen molar-refractivity contribution in [1.82, 2.24) is 0 Å². The van der Waals surface area contributed by atoms with Crippen molar-refractivity contribution in [1.29, 1.82) is 0 Å². The molecule has 26 heavy (non-hydrogen) atoms. The van der Waals surface area contributed by atoms with Crippen molar-refractivity contribution in [3.05, 3.63) is 106 Å². The lowest BCUT2D eigenvalue weighted by atomic mass is 9.74. The summed E-state index contributed by atoms with van der Waals surface area (Å²) in [7, 11) is 0. The lowest BCUT2D eigenvalue weighted by Crippen LogP contribution is -2.32. The van der Waals surface area contributed by atoms with Gasteiger partial charge in [-0.15, -0.1) is 0 Å². The van der Waals surface area contributed by atoms with Crippen molar-refractivity contribution in [2.45, 2.75) is 39.4 Å². The molecule has 0 fully saturated rings. The first-order valence-corrected chi connectivity index (χ1v) is 8.99. The zero-order chi connectivity index (χ0) is 18.9. The van der Waals surface area contributed by atoms with Crippen LogP contribution in [0.2, 0.25) is 0 Å². The highest BCUT2D eigenvalue weighted by atomic mass is 16.3. The molecule has 0 aromatic heterocycles. The maximum atomic E-state index is 12.2. The van der Waals surface area contributed by atoms with Crippen LogP contribution in [0, 0.1) is 20.8 Å². The quantitative estimate of drug-likeness (QED) is 0.656. The molecule has 2 nitrogen and oxygen atoms in total. The molecule has 2 atom stereocenters. The molecule has 0 bridgehead atoms. The number of hydrogen-bond acceptors (Lipinski definition) is 2. The van der Waals surface area contributed by atoms with Crippen molar-refractivity contribution in [2.24, 2.45) is 0 Å². The van der Waals surface area contributed by atoms with Crippen LogP contribution in [-0.2, 0) is 5.60 Å². The Morgan fingerprint density at radius 3 is 1.92 bits per heavy atom. The van der Waals surface area contributed by atoms with Crippen molar-refractivity contribution in [3.63, 3.8) is 0 Å². The summed E-state index contributed by atoms with van der Waals surface area (Å²) in [5, 5.41) is 22.5. The number of aliphatic hydroxyl groups excluding tert-OH is 1. The molecular weight excluding hydrogens is 320 g/mol. The van der Waals surface area contributed by atoms with Gasteiger partial charge >= 0.3 is 0 Å². The van der Waals surface area contributed by atoms with Crippen LogP contribution in [-0.4, -0.2) is 10.2 Å². The molecule has 0 radical (unpaired) electrons. The Labute approximate surface area is 155 Å². The Bertz CT molecular complexity index is 927. The van der Waals surface area contributed by atoms with E-state index in [9.17, 15) is 10.2 Å². The third-order valence-corrected chi connectivity index (χ3v) is 5.11. The topological polar surface area (TPSA) is 40.5 Å². The maximum absolute atomic E-state index is 12.2. The largest absolute Gasteiger partial charge is 0.389 e. The fraction of sp³-hybridized carbons (Fsp3) is 0.250. The normalized spacial score (nSPS) is 14.7. The molecule has 134 valence electrons. The highest BCUT2D eigenvalue weighted by Gasteiger charge is 2.38. The smallest absolute Gasteiger partial charge is 0.141 e. The summed E-state index contributed by atoms with van der Waals surface area (Å²) in [6.07, 6.45) is -0.674. The standard InChI is InChI=1S/C24H26O2/c1-16-13-14-22(18(3)15-16)24(26,21-11-7-5-9-17(21)2)23-12-8-6-10-20(23)19(4)25/h5-15,19,25-26H,1-4H3. The van der Waals surface area contributed by atoms with E-state index < -0.39 is 11.7 Å². The van der Waals surface area contributed by atoms with E-state index in [4.69, 9.17) is 0 Å². The Hall–Kier alpha value is -2.42. The van der Waals surface area contributed by atoms with Crippen LogP contribution in [0.5, 0.6) is 0 Å². The third-order valence-electron chi connectivity index (χ3n) is 5.11. The average Bonchev–Trinajstić information content (AvgIpc) is 2.61. The maximum Gasteiger partial charge on any atom is 0.141 e. The van der Waals surface area contributed by atoms with Gasteiger partial charge in [-0.3, -0.25) is 0 Å². The predicted octanol–water partition coefficient (Wildman–Crippen LogP) is 4.95. The second-order valence-electron chi connectivity index (χ2n) is 7.11. The molecule has 0 spiro atoms. The van der Waals surface area contributed by atoms with Gasteiger partial charge in [-0.1, -0.05) is 72.3 Å². The lowest BCUT2D eigenvalue weighted by molar-refractivity contribution is 0.117. The van der Waals surface area contributed by atoms with Crippen LogP contribution in [0.4, 0.5) is 0 Å². The minimum absolute atomic E-state index is 0.674. The Kier molecular flexibility index (Phi) is 4.99. The zero-order valence-electron chi connectivity index (χ0n) is 15.8. The van der Waals surface area contributed by atoms with Crippen LogP contribution >= 0.6 is 0 Å². The van der Waals surface area contributed by atoms with E-state index in [0.717, 1.165) is 38.9 Å². The first-order chi connectivity index (χ1) is 12.4. The first kappa shape index (κ1) is 18.4. The molecule has 0 saturated heterocycles. The molecule has 0 aliphatic carbocycles. The highest BCUT2D eigenvalue weighted by Crippen LogP contribution is 2.42. The van der Waals surface area contributed by atoms with Crippen molar-refractivity contribution in [3.8, 4) is 0 Å². The van der Waals surface area contributed by atoms with Gasteiger partial charge in [0, 0.05) is 0 Å². The van der Waals surface area contributed by atoms with E-state index in [2.05, 4.69) is 6.07 Å². The summed E-state index contributed by atoms with van der Waals surface area (Å²) in [5.41, 5.74) is 4.98. The van der Waals surface area contributed by atoms with Gasteiger partial charge < -0.3 is 10.2 Å². The molecular formula is C24H26O2. The lowest BCUT2D eigenvalue weighted by Gasteiger charge is -2.35. The number of benzene rings is 3. The summed E-state index contributed by atoms with van der Waals surface area (Å²) in [5.74, 6) is 0. The van der Waals surface area contributed by atoms with Crippen LogP contribution in [0.3, 0.4) is 0 Å². The molecule has 2 heteroatoms. The van der Waals surface area contributed by atoms with Gasteiger partial charge in [0.2, 0.25) is 0 Å². The number of aliphatic hydroxyl groups is 2. The Morgan fingerprint density at radius 2 is 1.31 bits per heavy atom. The minimum atomic E-state index is -1.34. The van der Waals surface area contributed by atoms with Gasteiger partial charge in [0.15, 0.2) is 0 Å². The summed E-state index contributed by atoms with van der Waals surface area (Å²) >= 11 is 0. The Morgan fingerprint density at radius 1 is 0.731 bits per heavy atom. The van der Waals surface area contributed by atoms with E-state index in [-0.39, 0.29) is 0 Å². The zero-order valence-corrected chi connectivity index (χ0v) is 15.8. The van der Waals surface area contributed by atoms with Crippen molar-refractivity contribution >= 4 is 0 Å². The third kappa shape index (κ3) is 3.07. The van der Waals surface area contributed by atoms with E-state index in [1.54, 1.807) is 6.92 Å². The molecule has 0 heterocycles. The SMILES string of the molecule is Cc1ccc(C(O)(c2ccccc2C)c2ccccc2C(C)O)c(C)c1. The van der Waals surface area contributed by atoms with Crippen LogP contribution in [0.25, 0.3) is 0 Å². The van der Waals surface area contributed by atoms with Gasteiger partial charge in [-0.05, 0) is 61.1 Å². The van der Waals surface area contributed by atoms with Crippen LogP contribution in [0.1, 0.15) is 52.0 Å². The summed E-state index contributed by atoms with van der Waals surface area (Å²) in [6.45, 7) is 7.82. The second kappa shape index (κ2) is 7.06. The second-order valence-corrected chi connectivity index (χ2v) is 7.11. The molecule has 2 unspecified atom stereocenters. The minimum Gasteiger partial charge on any atom is -0.389 e. The van der Waals surface area contributed by atoms with E-state index >= 15 is 0 Å². The summed E-state index contributed by atoms with van der Waals surface area (Å²) < 4.78 is 0. The van der Waals surface area contributed by atoms with Crippen LogP contribution < -0.4 is 0 Å². The van der Waals surface area contributed by atoms with Gasteiger partial charge in [0.05, 0.1) is 6.10 Å². The number of hydrogen-bond donors (Lipinski definition) is 2. The van der Waals surface area contributed by atoms with Gasteiger partial charge in [-0.25, -0.2) is 0 Å². The molecule has 3 rings (SSSR count). The van der Waals surface area contributed by atoms with E-state index in [1.807, 2.05) is 81.4 Å². The fourth-order valence-electron chi connectivity index (χ4n) is 3.82. The van der Waals surface area contributed by atoms with Gasteiger partial charge in [0.25, 0.3) is 0 Å². The molecule has 0 aliphatic rings. The Balaban J connectivity index is 2.40. The molecule has 0 saturated carbocycles. The summed E-state index contributed by atoms with van der Waals surface area (Å²) in [4.78, 5) is 0. The van der Waals surface area contributed by atoms with Crippen LogP contribution in [0.15, 0.2) is 66.7 Å². The first-order valence-electron chi connectivity index (χ1n) is 8.99. The average molecular weight is 346 g/mol. The fourth-order valence-corrected chi connectivity index (χ4v) is 3.82. The van der Waals surface area contributed by atoms with E-state index in [0.29, 0.717) is 0 Å². The molecule has 3 aromatic carbocycles. The number of rotatable bonds is 4. The summed E-state index contributed by atoms with van der Waals surface area (Å²) in [6, 6.07) is 21.6. The number of aryl methyl sites for hydroxylation is 3. The van der Waals surface area contributed by atoms with E-state index in [1.165, 1.54) is 0 Å². The van der Waals surface area contributed by atoms with Gasteiger partial charge in [0.1, 0.15) is 5.60 Å². The van der Waals surface area contributed by atoms with Gasteiger partial charge in [-0.2, -0.15) is 0 Å². The highest BCUT2D eigenvalue weighted by molar-refractivity contribution is 5.54. The predicted molar refractivity (Wildman–Crippen MR) is 106 cm³/mol. The molecule has 2 N–H and O–H groups in total. The van der Waals surface area contributed by atoms with Crippen molar-refractivity contribution < 1.29 is 10.2 Å². The monoisotopic (exact) mass is 346 g/mol. The molecule has 0 aliphatic heterocycles. The van der Waals surface area contributed by atoms with Crippen molar-refractivity contribution in [2.75, 3.05) is 0 Å². The molecule has 0 amide bonds. The molecule has 3 aromatic rings.